The molecule has 0 spiro atoms. The van der Waals surface area contributed by atoms with Gasteiger partial charge in [0.2, 0.25) is 10.0 Å². The normalized spacial score (nSPS) is 19.5. The second-order valence-corrected chi connectivity index (χ2v) is 7.62. The summed E-state index contributed by atoms with van der Waals surface area (Å²) in [4.78, 5) is -0.358. The Labute approximate surface area is 118 Å². The maximum atomic E-state index is 13.7. The summed E-state index contributed by atoms with van der Waals surface area (Å²) in [5.41, 5.74) is 5.78. The van der Waals surface area contributed by atoms with Gasteiger partial charge in [0, 0.05) is 12.2 Å². The Morgan fingerprint density at radius 2 is 1.85 bits per heavy atom. The van der Waals surface area contributed by atoms with Crippen LogP contribution >= 0.6 is 0 Å². The fraction of sp³-hybridized carbons (Fsp3) is 0.571. The zero-order chi connectivity index (χ0) is 14.3. The van der Waals surface area contributed by atoms with Crippen molar-refractivity contribution in [2.45, 2.75) is 30.6 Å². The van der Waals surface area contributed by atoms with E-state index >= 15 is 0 Å². The molecule has 2 fully saturated rings. The van der Waals surface area contributed by atoms with Crippen molar-refractivity contribution in [1.82, 2.24) is 4.72 Å². The van der Waals surface area contributed by atoms with Gasteiger partial charge in [0.25, 0.3) is 0 Å². The number of hydrogen-bond acceptors (Lipinski definition) is 3. The summed E-state index contributed by atoms with van der Waals surface area (Å²) in [5, 5.41) is 0. The molecule has 110 valence electrons. The average Bonchev–Trinajstić information content (AvgIpc) is 3.25. The van der Waals surface area contributed by atoms with Gasteiger partial charge in [0.1, 0.15) is 10.7 Å². The SMILES string of the molecule is Nc1ccc(F)c(S(=O)(=O)NCC(C2CC2)C2CC2)c1. The Bertz CT molecular complexity index is 598. The monoisotopic (exact) mass is 298 g/mol. The van der Waals surface area contributed by atoms with Gasteiger partial charge in [-0.2, -0.15) is 0 Å². The molecule has 0 unspecified atom stereocenters. The number of anilines is 1. The van der Waals surface area contributed by atoms with Crippen molar-refractivity contribution in [2.24, 2.45) is 17.8 Å². The fourth-order valence-corrected chi connectivity index (χ4v) is 3.96. The summed E-state index contributed by atoms with van der Waals surface area (Å²) in [5.74, 6) is 0.946. The molecule has 3 rings (SSSR count). The molecule has 0 bridgehead atoms. The zero-order valence-electron chi connectivity index (χ0n) is 11.2. The van der Waals surface area contributed by atoms with E-state index in [-0.39, 0.29) is 10.6 Å². The molecule has 0 aliphatic heterocycles. The minimum Gasteiger partial charge on any atom is -0.399 e. The largest absolute Gasteiger partial charge is 0.399 e. The summed E-state index contributed by atoms with van der Waals surface area (Å²) in [6.07, 6.45) is 4.76. The highest BCUT2D eigenvalue weighted by molar-refractivity contribution is 7.89. The molecular weight excluding hydrogens is 279 g/mol. The van der Waals surface area contributed by atoms with Crippen LogP contribution in [0.25, 0.3) is 0 Å². The lowest BCUT2D eigenvalue weighted by atomic mass is 9.99. The fourth-order valence-electron chi connectivity index (χ4n) is 2.78. The molecule has 1 aromatic rings. The molecule has 0 radical (unpaired) electrons. The Balaban J connectivity index is 1.73. The summed E-state index contributed by atoms with van der Waals surface area (Å²) in [6.45, 7) is 0.409. The third-order valence-corrected chi connectivity index (χ3v) is 5.65. The molecule has 2 aliphatic carbocycles. The first-order valence-electron chi connectivity index (χ1n) is 7.02. The van der Waals surface area contributed by atoms with E-state index in [4.69, 9.17) is 5.73 Å². The van der Waals surface area contributed by atoms with E-state index in [0.29, 0.717) is 24.3 Å². The van der Waals surface area contributed by atoms with Crippen LogP contribution in [0, 0.1) is 23.6 Å². The predicted molar refractivity (Wildman–Crippen MR) is 74.9 cm³/mol. The van der Waals surface area contributed by atoms with Gasteiger partial charge in [-0.15, -0.1) is 0 Å². The number of sulfonamides is 1. The van der Waals surface area contributed by atoms with Gasteiger partial charge in [-0.05, 0) is 61.6 Å². The quantitative estimate of drug-likeness (QED) is 0.790. The highest BCUT2D eigenvalue weighted by atomic mass is 32.2. The van der Waals surface area contributed by atoms with Crippen LogP contribution in [0.4, 0.5) is 10.1 Å². The maximum Gasteiger partial charge on any atom is 0.243 e. The molecule has 3 N–H and O–H groups in total. The molecule has 2 aliphatic rings. The average molecular weight is 298 g/mol. The molecule has 2 saturated carbocycles. The molecule has 0 atom stereocenters. The molecule has 4 nitrogen and oxygen atoms in total. The van der Waals surface area contributed by atoms with Crippen LogP contribution in [0.2, 0.25) is 0 Å². The van der Waals surface area contributed by atoms with E-state index in [0.717, 1.165) is 6.07 Å². The maximum absolute atomic E-state index is 13.7. The van der Waals surface area contributed by atoms with E-state index in [1.54, 1.807) is 0 Å². The Kier molecular flexibility index (Phi) is 3.46. The molecule has 20 heavy (non-hydrogen) atoms. The third-order valence-electron chi connectivity index (χ3n) is 4.21. The number of benzene rings is 1. The van der Waals surface area contributed by atoms with Crippen LogP contribution in [-0.2, 0) is 10.0 Å². The van der Waals surface area contributed by atoms with E-state index in [2.05, 4.69) is 4.72 Å². The molecule has 0 heterocycles. The highest BCUT2D eigenvalue weighted by Gasteiger charge is 2.41. The Morgan fingerprint density at radius 3 is 2.40 bits per heavy atom. The summed E-state index contributed by atoms with van der Waals surface area (Å²) in [7, 11) is -3.82. The molecule has 0 saturated heterocycles. The van der Waals surface area contributed by atoms with E-state index < -0.39 is 15.8 Å². The number of hydrogen-bond donors (Lipinski definition) is 2. The van der Waals surface area contributed by atoms with Crippen molar-refractivity contribution in [3.63, 3.8) is 0 Å². The lowest BCUT2D eigenvalue weighted by Gasteiger charge is -2.16. The van der Waals surface area contributed by atoms with Crippen LogP contribution in [0.5, 0.6) is 0 Å². The van der Waals surface area contributed by atoms with Crippen molar-refractivity contribution in [1.29, 1.82) is 0 Å². The smallest absolute Gasteiger partial charge is 0.243 e. The summed E-state index contributed by atoms with van der Waals surface area (Å²) >= 11 is 0. The number of nitrogen functional groups attached to an aromatic ring is 1. The number of nitrogens with two attached hydrogens (primary N) is 1. The molecule has 0 aromatic heterocycles. The van der Waals surface area contributed by atoms with Crippen molar-refractivity contribution in [3.05, 3.63) is 24.0 Å². The second kappa shape index (κ2) is 5.00. The topological polar surface area (TPSA) is 72.2 Å². The van der Waals surface area contributed by atoms with Crippen LogP contribution in [0.15, 0.2) is 23.1 Å². The first kappa shape index (κ1) is 13.8. The van der Waals surface area contributed by atoms with Gasteiger partial charge in [0.15, 0.2) is 0 Å². The van der Waals surface area contributed by atoms with Crippen LogP contribution in [0.3, 0.4) is 0 Å². The van der Waals surface area contributed by atoms with Crippen molar-refractivity contribution >= 4 is 15.7 Å². The van der Waals surface area contributed by atoms with Gasteiger partial charge in [-0.3, -0.25) is 0 Å². The molecule has 0 amide bonds. The van der Waals surface area contributed by atoms with E-state index in [1.807, 2.05) is 0 Å². The lowest BCUT2D eigenvalue weighted by molar-refractivity contribution is 0.401. The first-order chi connectivity index (χ1) is 9.47. The zero-order valence-corrected chi connectivity index (χ0v) is 12.0. The Hall–Kier alpha value is -1.14. The van der Waals surface area contributed by atoms with Crippen LogP contribution in [-0.4, -0.2) is 15.0 Å². The molecule has 1 aromatic carbocycles. The van der Waals surface area contributed by atoms with Gasteiger partial charge in [0.05, 0.1) is 0 Å². The standard InChI is InChI=1S/C14H19FN2O2S/c15-13-6-5-11(16)7-14(13)20(18,19)17-8-12(9-1-2-9)10-3-4-10/h5-7,9-10,12,17H,1-4,8,16H2. The van der Waals surface area contributed by atoms with Crippen molar-refractivity contribution in [3.8, 4) is 0 Å². The first-order valence-corrected chi connectivity index (χ1v) is 8.50. The van der Waals surface area contributed by atoms with E-state index in [1.165, 1.54) is 37.8 Å². The molecular formula is C14H19FN2O2S. The number of nitrogens with one attached hydrogen (secondary N) is 1. The minimum atomic E-state index is -3.82. The summed E-state index contributed by atoms with van der Waals surface area (Å²) in [6, 6.07) is 3.61. The number of halogens is 1. The highest BCUT2D eigenvalue weighted by Crippen LogP contribution is 2.48. The van der Waals surface area contributed by atoms with Gasteiger partial charge >= 0.3 is 0 Å². The van der Waals surface area contributed by atoms with E-state index in [9.17, 15) is 12.8 Å². The predicted octanol–water partition coefficient (Wildman–Crippen LogP) is 2.12. The van der Waals surface area contributed by atoms with Gasteiger partial charge in [-0.25, -0.2) is 17.5 Å². The van der Waals surface area contributed by atoms with Crippen molar-refractivity contribution < 1.29 is 12.8 Å². The third kappa shape index (κ3) is 2.96. The van der Waals surface area contributed by atoms with Crippen molar-refractivity contribution in [2.75, 3.05) is 12.3 Å². The van der Waals surface area contributed by atoms with Crippen LogP contribution < -0.4 is 10.5 Å². The van der Waals surface area contributed by atoms with Crippen LogP contribution in [0.1, 0.15) is 25.7 Å². The Morgan fingerprint density at radius 1 is 1.25 bits per heavy atom. The minimum absolute atomic E-state index is 0.243. The van der Waals surface area contributed by atoms with Gasteiger partial charge in [-0.1, -0.05) is 0 Å². The lowest BCUT2D eigenvalue weighted by Crippen LogP contribution is -2.31. The van der Waals surface area contributed by atoms with Gasteiger partial charge < -0.3 is 5.73 Å². The summed E-state index contributed by atoms with van der Waals surface area (Å²) < 4.78 is 40.6. The number of rotatable bonds is 6. The molecule has 6 heteroatoms. The second-order valence-electron chi connectivity index (χ2n) is 5.88.